The lowest BCUT2D eigenvalue weighted by Gasteiger charge is -2.30. The summed E-state index contributed by atoms with van der Waals surface area (Å²) >= 11 is 0. The van der Waals surface area contributed by atoms with Crippen LogP contribution < -0.4 is 15.5 Å². The minimum absolute atomic E-state index is 0.000279. The lowest BCUT2D eigenvalue weighted by molar-refractivity contribution is -0.135. The Balaban J connectivity index is 1.81. The zero-order chi connectivity index (χ0) is 15.5. The van der Waals surface area contributed by atoms with E-state index in [1.807, 2.05) is 25.2 Å². The van der Waals surface area contributed by atoms with Crippen LogP contribution in [0.1, 0.15) is 31.2 Å². The van der Waals surface area contributed by atoms with E-state index in [0.717, 1.165) is 29.8 Å². The van der Waals surface area contributed by atoms with Gasteiger partial charge in [-0.05, 0) is 31.4 Å². The number of carbonyl (C=O) groups excluding carboxylic acids is 3. The van der Waals surface area contributed by atoms with Crippen LogP contribution in [0, 0.1) is 0 Å². The first-order valence-electron chi connectivity index (χ1n) is 7.57. The van der Waals surface area contributed by atoms with Gasteiger partial charge in [-0.25, -0.2) is 0 Å². The van der Waals surface area contributed by atoms with Crippen molar-refractivity contribution >= 4 is 29.1 Å². The zero-order valence-electron chi connectivity index (χ0n) is 12.3. The zero-order valence-corrected chi connectivity index (χ0v) is 12.3. The highest BCUT2D eigenvalue weighted by Crippen LogP contribution is 2.60. The van der Waals surface area contributed by atoms with Crippen LogP contribution in [0.25, 0.3) is 0 Å². The van der Waals surface area contributed by atoms with Crippen molar-refractivity contribution in [3.63, 3.8) is 0 Å². The van der Waals surface area contributed by atoms with Crippen LogP contribution in [-0.4, -0.2) is 30.8 Å². The topological polar surface area (TPSA) is 78.5 Å². The van der Waals surface area contributed by atoms with Gasteiger partial charge in [-0.1, -0.05) is 6.07 Å². The van der Waals surface area contributed by atoms with Crippen LogP contribution in [0.4, 0.5) is 11.4 Å². The number of amides is 3. The van der Waals surface area contributed by atoms with E-state index in [4.69, 9.17) is 0 Å². The quantitative estimate of drug-likeness (QED) is 0.796. The van der Waals surface area contributed by atoms with Gasteiger partial charge in [0, 0.05) is 24.7 Å². The fourth-order valence-electron chi connectivity index (χ4n) is 3.73. The Kier molecular flexibility index (Phi) is 2.61. The average Bonchev–Trinajstić information content (AvgIpc) is 3.26. The van der Waals surface area contributed by atoms with Gasteiger partial charge >= 0.3 is 0 Å². The van der Waals surface area contributed by atoms with Crippen molar-refractivity contribution in [1.29, 1.82) is 0 Å². The predicted molar refractivity (Wildman–Crippen MR) is 80.6 cm³/mol. The number of piperidine rings is 1. The first-order chi connectivity index (χ1) is 10.6. The summed E-state index contributed by atoms with van der Waals surface area (Å²) in [6, 6.07) is 5.15. The van der Waals surface area contributed by atoms with E-state index in [2.05, 4.69) is 10.6 Å². The van der Waals surface area contributed by atoms with Crippen LogP contribution in [0.3, 0.4) is 0 Å². The molecular formula is C16H17N3O3. The van der Waals surface area contributed by atoms with Gasteiger partial charge in [0.2, 0.25) is 17.7 Å². The molecule has 1 aromatic rings. The summed E-state index contributed by atoms with van der Waals surface area (Å²) in [6.07, 6.45) is 2.30. The van der Waals surface area contributed by atoms with E-state index in [-0.39, 0.29) is 24.1 Å². The van der Waals surface area contributed by atoms with Crippen molar-refractivity contribution in [2.75, 3.05) is 17.3 Å². The third-order valence-electron chi connectivity index (χ3n) is 4.95. The van der Waals surface area contributed by atoms with Gasteiger partial charge in [-0.15, -0.1) is 0 Å². The van der Waals surface area contributed by atoms with Crippen LogP contribution in [0.5, 0.6) is 0 Å². The molecule has 1 aromatic carbocycles. The third-order valence-corrected chi connectivity index (χ3v) is 4.95. The molecule has 0 aromatic heterocycles. The molecule has 2 fully saturated rings. The summed E-state index contributed by atoms with van der Waals surface area (Å²) in [5.74, 6) is -0.638. The Morgan fingerprint density at radius 3 is 2.68 bits per heavy atom. The van der Waals surface area contributed by atoms with Crippen LogP contribution in [0.15, 0.2) is 18.2 Å². The SMILES string of the molecule is CNc1cccc2c1C1(CC1)C(=O)N2C1CCC(=O)NC1=O. The van der Waals surface area contributed by atoms with Crippen molar-refractivity contribution in [2.45, 2.75) is 37.1 Å². The van der Waals surface area contributed by atoms with E-state index in [9.17, 15) is 14.4 Å². The van der Waals surface area contributed by atoms with Crippen LogP contribution in [-0.2, 0) is 19.8 Å². The highest BCUT2D eigenvalue weighted by molar-refractivity contribution is 6.16. The fourth-order valence-corrected chi connectivity index (χ4v) is 3.73. The number of rotatable bonds is 2. The molecule has 1 unspecified atom stereocenters. The van der Waals surface area contributed by atoms with Crippen LogP contribution >= 0.6 is 0 Å². The first-order valence-corrected chi connectivity index (χ1v) is 7.57. The number of anilines is 2. The molecule has 114 valence electrons. The number of nitrogens with one attached hydrogen (secondary N) is 2. The number of benzene rings is 1. The Bertz CT molecular complexity index is 709. The maximum absolute atomic E-state index is 13.0. The van der Waals surface area contributed by atoms with Gasteiger partial charge in [0.15, 0.2) is 0 Å². The van der Waals surface area contributed by atoms with Gasteiger partial charge < -0.3 is 5.32 Å². The molecule has 3 aliphatic rings. The maximum Gasteiger partial charge on any atom is 0.249 e. The summed E-state index contributed by atoms with van der Waals surface area (Å²) in [5, 5.41) is 5.50. The normalized spacial score (nSPS) is 25.2. The van der Waals surface area contributed by atoms with Gasteiger partial charge in [0.05, 0.1) is 11.1 Å². The molecule has 1 aliphatic carbocycles. The minimum atomic E-state index is -0.587. The highest BCUT2D eigenvalue weighted by atomic mass is 16.2. The predicted octanol–water partition coefficient (Wildman–Crippen LogP) is 0.912. The fraction of sp³-hybridized carbons (Fsp3) is 0.438. The van der Waals surface area contributed by atoms with E-state index < -0.39 is 11.5 Å². The average molecular weight is 299 g/mol. The second-order valence-electron chi connectivity index (χ2n) is 6.17. The minimum Gasteiger partial charge on any atom is -0.388 e. The molecule has 1 saturated heterocycles. The van der Waals surface area contributed by atoms with Crippen molar-refractivity contribution in [1.82, 2.24) is 5.32 Å². The summed E-state index contributed by atoms with van der Waals surface area (Å²) in [6.45, 7) is 0. The molecule has 0 radical (unpaired) electrons. The largest absolute Gasteiger partial charge is 0.388 e. The van der Waals surface area contributed by atoms with E-state index >= 15 is 0 Å². The van der Waals surface area contributed by atoms with E-state index in [1.165, 1.54) is 0 Å². The second kappa shape index (κ2) is 4.32. The molecule has 1 spiro atoms. The van der Waals surface area contributed by atoms with E-state index in [0.29, 0.717) is 6.42 Å². The standard InChI is InChI=1S/C16H17N3O3/c1-17-9-3-2-4-10-13(9)16(7-8-16)15(22)19(10)11-5-6-12(20)18-14(11)21/h2-4,11,17H,5-8H2,1H3,(H,18,20,21). The Hall–Kier alpha value is -2.37. The molecule has 6 nitrogen and oxygen atoms in total. The van der Waals surface area contributed by atoms with Crippen LogP contribution in [0.2, 0.25) is 0 Å². The monoisotopic (exact) mass is 299 g/mol. The van der Waals surface area contributed by atoms with E-state index in [1.54, 1.807) is 4.90 Å². The molecule has 1 atom stereocenters. The van der Waals surface area contributed by atoms with Crippen molar-refractivity contribution in [2.24, 2.45) is 0 Å². The number of hydrogen-bond acceptors (Lipinski definition) is 4. The lowest BCUT2D eigenvalue weighted by atomic mass is 9.96. The van der Waals surface area contributed by atoms with Crippen molar-refractivity contribution in [3.05, 3.63) is 23.8 Å². The molecule has 2 heterocycles. The molecule has 1 saturated carbocycles. The Morgan fingerprint density at radius 1 is 1.27 bits per heavy atom. The lowest BCUT2D eigenvalue weighted by Crippen LogP contribution is -2.54. The Labute approximate surface area is 127 Å². The third kappa shape index (κ3) is 1.58. The van der Waals surface area contributed by atoms with Gasteiger partial charge in [0.1, 0.15) is 6.04 Å². The first kappa shape index (κ1) is 13.3. The molecule has 3 amide bonds. The molecular weight excluding hydrogens is 282 g/mol. The van der Waals surface area contributed by atoms with Crippen molar-refractivity contribution in [3.8, 4) is 0 Å². The molecule has 2 N–H and O–H groups in total. The number of fused-ring (bicyclic) bond motifs is 2. The number of nitrogens with zero attached hydrogens (tertiary/aromatic N) is 1. The summed E-state index contributed by atoms with van der Waals surface area (Å²) in [5.41, 5.74) is 2.30. The molecule has 2 aliphatic heterocycles. The smallest absolute Gasteiger partial charge is 0.249 e. The highest BCUT2D eigenvalue weighted by Gasteiger charge is 2.62. The summed E-state index contributed by atoms with van der Waals surface area (Å²) in [4.78, 5) is 38.1. The molecule has 6 heteroatoms. The number of hydrogen-bond donors (Lipinski definition) is 2. The van der Waals surface area contributed by atoms with Crippen molar-refractivity contribution < 1.29 is 14.4 Å². The van der Waals surface area contributed by atoms with Gasteiger partial charge in [-0.2, -0.15) is 0 Å². The number of carbonyl (C=O) groups is 3. The molecule has 0 bridgehead atoms. The number of imide groups is 1. The Morgan fingerprint density at radius 2 is 2.05 bits per heavy atom. The summed E-state index contributed by atoms with van der Waals surface area (Å²) < 4.78 is 0. The maximum atomic E-state index is 13.0. The molecule has 22 heavy (non-hydrogen) atoms. The van der Waals surface area contributed by atoms with Gasteiger partial charge in [0.25, 0.3) is 0 Å². The van der Waals surface area contributed by atoms with Gasteiger partial charge in [-0.3, -0.25) is 24.6 Å². The summed E-state index contributed by atoms with van der Waals surface area (Å²) in [7, 11) is 1.84. The second-order valence-corrected chi connectivity index (χ2v) is 6.17. The molecule has 4 rings (SSSR count).